The highest BCUT2D eigenvalue weighted by Crippen LogP contribution is 2.34. The van der Waals surface area contributed by atoms with Gasteiger partial charge in [-0.25, -0.2) is 5.01 Å². The average molecular weight is 460 g/mol. The Hall–Kier alpha value is -5.06. The highest BCUT2D eigenvalue weighted by Gasteiger charge is 2.35. The second kappa shape index (κ2) is 9.20. The molecule has 2 amide bonds. The number of non-ortho nitro benzene ring substituents is 1. The Kier molecular flexibility index (Phi) is 5.99. The van der Waals surface area contributed by atoms with Crippen LogP contribution >= 0.6 is 0 Å². The van der Waals surface area contributed by atoms with E-state index < -0.39 is 21.7 Å². The van der Waals surface area contributed by atoms with Crippen LogP contribution in [-0.2, 0) is 16.2 Å². The van der Waals surface area contributed by atoms with Gasteiger partial charge in [0.15, 0.2) is 0 Å². The Morgan fingerprint density at radius 3 is 2.35 bits per heavy atom. The molecule has 0 bridgehead atoms. The minimum atomic E-state index is -0.676. The molecule has 1 aliphatic rings. The lowest BCUT2D eigenvalue weighted by Crippen LogP contribution is -2.35. The summed E-state index contributed by atoms with van der Waals surface area (Å²) in [6.07, 6.45) is 1.22. The van der Waals surface area contributed by atoms with E-state index in [-0.39, 0.29) is 34.9 Å². The van der Waals surface area contributed by atoms with Gasteiger partial charge in [0.1, 0.15) is 12.2 Å². The van der Waals surface area contributed by atoms with Crippen molar-refractivity contribution in [1.82, 2.24) is 5.43 Å². The Labute approximate surface area is 192 Å². The van der Waals surface area contributed by atoms with Gasteiger partial charge < -0.3 is 4.74 Å². The molecule has 0 atom stereocenters. The summed E-state index contributed by atoms with van der Waals surface area (Å²) in [6.45, 7) is -0.209. The van der Waals surface area contributed by atoms with Crippen molar-refractivity contribution < 1.29 is 24.2 Å². The highest BCUT2D eigenvalue weighted by molar-refractivity contribution is 6.31. The van der Waals surface area contributed by atoms with E-state index >= 15 is 0 Å². The van der Waals surface area contributed by atoms with E-state index in [1.165, 1.54) is 42.5 Å². The van der Waals surface area contributed by atoms with Crippen molar-refractivity contribution in [2.45, 2.75) is 6.61 Å². The van der Waals surface area contributed by atoms with E-state index in [9.17, 15) is 29.8 Å². The van der Waals surface area contributed by atoms with Crippen molar-refractivity contribution in [3.05, 3.63) is 110 Å². The molecule has 4 rings (SSSR count). The van der Waals surface area contributed by atoms with E-state index in [0.717, 1.165) is 5.01 Å². The van der Waals surface area contributed by atoms with Crippen molar-refractivity contribution in [2.75, 3.05) is 5.01 Å². The van der Waals surface area contributed by atoms with Crippen molar-refractivity contribution in [3.63, 3.8) is 0 Å². The van der Waals surface area contributed by atoms with Crippen LogP contribution in [-0.4, -0.2) is 21.7 Å². The summed E-state index contributed by atoms with van der Waals surface area (Å²) in [6, 6.07) is 18.2. The number of rotatable bonds is 7. The summed E-state index contributed by atoms with van der Waals surface area (Å²) in [5.41, 5.74) is 2.69. The number of hydrazine groups is 1. The number of nitrogens with zero attached hydrogens (tertiary/aromatic N) is 3. The smallest absolute Gasteiger partial charge is 0.311 e. The zero-order chi connectivity index (χ0) is 24.2. The van der Waals surface area contributed by atoms with Gasteiger partial charge in [0, 0.05) is 23.8 Å². The van der Waals surface area contributed by atoms with Crippen molar-refractivity contribution in [3.8, 4) is 5.75 Å². The van der Waals surface area contributed by atoms with E-state index in [4.69, 9.17) is 4.74 Å². The number of carbonyl (C=O) groups excluding carboxylic acids is 2. The molecule has 3 aromatic rings. The van der Waals surface area contributed by atoms with Crippen molar-refractivity contribution >= 4 is 35.0 Å². The van der Waals surface area contributed by atoms with Crippen LogP contribution in [0, 0.1) is 20.2 Å². The second-order valence-corrected chi connectivity index (χ2v) is 7.14. The summed E-state index contributed by atoms with van der Waals surface area (Å²) in [5.74, 6) is -1.48. The molecule has 3 aromatic carbocycles. The predicted molar refractivity (Wildman–Crippen MR) is 121 cm³/mol. The van der Waals surface area contributed by atoms with Crippen LogP contribution < -0.4 is 15.2 Å². The fraction of sp³-hybridized carbons (Fsp3) is 0.0435. The molecule has 1 N–H and O–H groups in total. The van der Waals surface area contributed by atoms with Gasteiger partial charge in [0.25, 0.3) is 17.5 Å². The molecule has 1 aliphatic heterocycles. The molecule has 34 heavy (non-hydrogen) atoms. The lowest BCUT2D eigenvalue weighted by atomic mass is 10.1. The molecule has 0 radical (unpaired) electrons. The number of benzene rings is 3. The Morgan fingerprint density at radius 1 is 0.912 bits per heavy atom. The molecule has 1 saturated heterocycles. The normalized spacial score (nSPS) is 14.2. The van der Waals surface area contributed by atoms with Crippen LogP contribution in [0.4, 0.5) is 17.1 Å². The van der Waals surface area contributed by atoms with Gasteiger partial charge in [-0.3, -0.25) is 35.2 Å². The topological polar surface area (TPSA) is 145 Å². The molecule has 0 spiro atoms. The van der Waals surface area contributed by atoms with Crippen LogP contribution in [0.2, 0.25) is 0 Å². The predicted octanol–water partition coefficient (Wildman–Crippen LogP) is 3.54. The molecule has 0 aliphatic carbocycles. The first-order valence-corrected chi connectivity index (χ1v) is 9.91. The third-order valence-electron chi connectivity index (χ3n) is 4.93. The van der Waals surface area contributed by atoms with Crippen molar-refractivity contribution in [2.24, 2.45) is 0 Å². The number of carbonyl (C=O) groups is 2. The van der Waals surface area contributed by atoms with Crippen molar-refractivity contribution in [1.29, 1.82) is 0 Å². The average Bonchev–Trinajstić information content (AvgIpc) is 3.12. The fourth-order valence-corrected chi connectivity index (χ4v) is 3.34. The zero-order valence-electron chi connectivity index (χ0n) is 17.4. The molecule has 0 aromatic heterocycles. The number of amides is 2. The number of nitro groups is 2. The number of anilines is 1. The first-order valence-electron chi connectivity index (χ1n) is 9.91. The van der Waals surface area contributed by atoms with Gasteiger partial charge in [0.05, 0.1) is 15.5 Å². The molecular formula is C23H16N4O7. The summed E-state index contributed by atoms with van der Waals surface area (Å²) in [4.78, 5) is 46.7. The van der Waals surface area contributed by atoms with Gasteiger partial charge in [-0.05, 0) is 23.8 Å². The monoisotopic (exact) mass is 460 g/mol. The third-order valence-corrected chi connectivity index (χ3v) is 4.93. The van der Waals surface area contributed by atoms with E-state index in [0.29, 0.717) is 11.3 Å². The molecule has 11 heteroatoms. The first-order chi connectivity index (χ1) is 16.3. The van der Waals surface area contributed by atoms with Gasteiger partial charge >= 0.3 is 5.69 Å². The van der Waals surface area contributed by atoms with Gasteiger partial charge in [0.2, 0.25) is 5.75 Å². The third kappa shape index (κ3) is 4.43. The maximum absolute atomic E-state index is 12.9. The Morgan fingerprint density at radius 2 is 1.65 bits per heavy atom. The summed E-state index contributed by atoms with van der Waals surface area (Å²) < 4.78 is 5.68. The number of nitro benzene ring substituents is 2. The van der Waals surface area contributed by atoms with Gasteiger partial charge in [-0.2, -0.15) is 0 Å². The minimum Gasteiger partial charge on any atom is -0.482 e. The number of hydrogen-bond donors (Lipinski definition) is 1. The lowest BCUT2D eigenvalue weighted by molar-refractivity contribution is -0.386. The van der Waals surface area contributed by atoms with Crippen LogP contribution in [0.1, 0.15) is 11.1 Å². The highest BCUT2D eigenvalue weighted by atomic mass is 16.6. The lowest BCUT2D eigenvalue weighted by Gasteiger charge is -2.14. The maximum atomic E-state index is 12.9. The van der Waals surface area contributed by atoms with Crippen LogP contribution in [0.3, 0.4) is 0 Å². The fourth-order valence-electron chi connectivity index (χ4n) is 3.34. The molecule has 170 valence electrons. The summed E-state index contributed by atoms with van der Waals surface area (Å²) >= 11 is 0. The quantitative estimate of drug-likeness (QED) is 0.246. The van der Waals surface area contributed by atoms with Gasteiger partial charge in [-0.15, -0.1) is 0 Å². The van der Waals surface area contributed by atoms with E-state index in [1.807, 2.05) is 0 Å². The first kappa shape index (κ1) is 22.1. The standard InChI is InChI=1S/C23H16N4O7/c28-22-19(23(29)25(24-22)17-8-2-1-3-9-17)13-16-7-5-11-20(27(32)33)21(16)34-14-15-6-4-10-18(12-15)26(30)31/h1-13H,14H2,(H,24,28)/b19-13-. The molecule has 0 unspecified atom stereocenters. The van der Waals surface area contributed by atoms with E-state index in [1.54, 1.807) is 36.4 Å². The van der Waals surface area contributed by atoms with Crippen LogP contribution in [0.15, 0.2) is 78.4 Å². The number of nitrogens with one attached hydrogen (secondary N) is 1. The number of hydrogen-bond acceptors (Lipinski definition) is 7. The van der Waals surface area contributed by atoms with Crippen LogP contribution in [0.5, 0.6) is 5.75 Å². The summed E-state index contributed by atoms with van der Waals surface area (Å²) in [7, 11) is 0. The Bertz CT molecular complexity index is 1340. The van der Waals surface area contributed by atoms with Crippen LogP contribution in [0.25, 0.3) is 6.08 Å². The van der Waals surface area contributed by atoms with E-state index in [2.05, 4.69) is 5.43 Å². The SMILES string of the molecule is O=C1NN(c2ccccc2)C(=O)/C1=C\c1cccc([N+](=O)[O-])c1OCc1cccc([N+](=O)[O-])c1. The summed E-state index contributed by atoms with van der Waals surface area (Å²) in [5, 5.41) is 23.7. The largest absolute Gasteiger partial charge is 0.482 e. The molecule has 1 heterocycles. The number of ether oxygens (including phenoxy) is 1. The van der Waals surface area contributed by atoms with Gasteiger partial charge in [-0.1, -0.05) is 42.5 Å². The minimum absolute atomic E-state index is 0.132. The molecular weight excluding hydrogens is 444 g/mol. The molecule has 0 saturated carbocycles. The second-order valence-electron chi connectivity index (χ2n) is 7.14. The number of para-hydroxylation sites is 2. The Balaban J connectivity index is 1.68. The molecule has 11 nitrogen and oxygen atoms in total. The molecule has 1 fully saturated rings. The zero-order valence-corrected chi connectivity index (χ0v) is 17.4. The maximum Gasteiger partial charge on any atom is 0.311 e.